The van der Waals surface area contributed by atoms with Gasteiger partial charge in [-0.05, 0) is 61.4 Å². The Morgan fingerprint density at radius 3 is 2.72 bits per heavy atom. The number of aryl methyl sites for hydroxylation is 2. The molecule has 0 atom stereocenters. The molecule has 1 fully saturated rings. The molecule has 162 valence electrons. The summed E-state index contributed by atoms with van der Waals surface area (Å²) in [6.07, 6.45) is 1.43. The highest BCUT2D eigenvalue weighted by Crippen LogP contribution is 2.29. The molecule has 8 heteroatoms. The van der Waals surface area contributed by atoms with E-state index in [1.54, 1.807) is 36.4 Å². The molecule has 2 N–H and O–H groups in total. The van der Waals surface area contributed by atoms with E-state index in [9.17, 15) is 14.4 Å². The number of imide groups is 1. The number of carbonyl (C=O) groups excluding carboxylic acids is 3. The third-order valence-electron chi connectivity index (χ3n) is 4.94. The average molecular weight is 450 g/mol. The lowest BCUT2D eigenvalue weighted by molar-refractivity contribution is -0.127. The van der Waals surface area contributed by atoms with Crippen molar-refractivity contribution in [2.45, 2.75) is 13.8 Å². The fourth-order valence-electron chi connectivity index (χ4n) is 3.36. The van der Waals surface area contributed by atoms with Crippen LogP contribution in [0.5, 0.6) is 0 Å². The molecule has 1 aliphatic heterocycles. The highest BCUT2D eigenvalue weighted by molar-refractivity contribution is 6.30. The van der Waals surface area contributed by atoms with E-state index in [0.29, 0.717) is 22.2 Å². The minimum Gasteiger partial charge on any atom is -0.457 e. The van der Waals surface area contributed by atoms with Crippen LogP contribution < -0.4 is 10.6 Å². The zero-order chi connectivity index (χ0) is 22.8. The van der Waals surface area contributed by atoms with Crippen molar-refractivity contribution in [1.29, 1.82) is 0 Å². The number of urea groups is 1. The van der Waals surface area contributed by atoms with Crippen molar-refractivity contribution >= 4 is 41.2 Å². The van der Waals surface area contributed by atoms with E-state index in [1.165, 1.54) is 6.08 Å². The molecule has 0 radical (unpaired) electrons. The van der Waals surface area contributed by atoms with E-state index in [2.05, 4.69) is 10.6 Å². The molecular weight excluding hydrogens is 430 g/mol. The number of nitrogens with zero attached hydrogens (tertiary/aromatic N) is 1. The topological polar surface area (TPSA) is 91.7 Å². The quantitative estimate of drug-likeness (QED) is 0.434. The molecule has 2 aromatic carbocycles. The van der Waals surface area contributed by atoms with Crippen LogP contribution >= 0.6 is 11.6 Å². The molecule has 4 amide bonds. The lowest BCUT2D eigenvalue weighted by Gasteiger charge is -2.12. The first kappa shape index (κ1) is 21.4. The first-order valence-corrected chi connectivity index (χ1v) is 10.3. The number of nitrogens with one attached hydrogen (secondary N) is 2. The third kappa shape index (κ3) is 4.58. The number of halogens is 1. The lowest BCUT2D eigenvalue weighted by Crippen LogP contribution is -2.38. The predicted octanol–water partition coefficient (Wildman–Crippen LogP) is 4.75. The Hall–Kier alpha value is -3.84. The minimum atomic E-state index is -0.668. The Morgan fingerprint density at radius 2 is 1.94 bits per heavy atom. The SMILES string of the molecule is Cc1cccc(NC(=O)CN2C(=O)N/C(=C/c3ccc(-c4cc(Cl)ccc4C)o3)C2=O)c1. The third-order valence-corrected chi connectivity index (χ3v) is 5.18. The summed E-state index contributed by atoms with van der Waals surface area (Å²) in [6.45, 7) is 3.44. The van der Waals surface area contributed by atoms with Crippen LogP contribution in [0.3, 0.4) is 0 Å². The lowest BCUT2D eigenvalue weighted by atomic mass is 10.1. The van der Waals surface area contributed by atoms with E-state index in [1.807, 2.05) is 32.0 Å². The molecular formula is C24H20ClN3O4. The Morgan fingerprint density at radius 1 is 1.12 bits per heavy atom. The summed E-state index contributed by atoms with van der Waals surface area (Å²) in [7, 11) is 0. The number of carbonyl (C=O) groups is 3. The molecule has 1 saturated heterocycles. The molecule has 0 bridgehead atoms. The van der Waals surface area contributed by atoms with E-state index in [-0.39, 0.29) is 5.70 Å². The number of amides is 4. The first-order chi connectivity index (χ1) is 15.3. The molecule has 1 aromatic heterocycles. The predicted molar refractivity (Wildman–Crippen MR) is 122 cm³/mol. The Bertz CT molecular complexity index is 1260. The maximum absolute atomic E-state index is 12.7. The van der Waals surface area contributed by atoms with Crippen molar-refractivity contribution in [2.24, 2.45) is 0 Å². The van der Waals surface area contributed by atoms with Gasteiger partial charge in [-0.25, -0.2) is 9.69 Å². The van der Waals surface area contributed by atoms with Crippen LogP contribution in [0, 0.1) is 13.8 Å². The van der Waals surface area contributed by atoms with Gasteiger partial charge in [0.1, 0.15) is 23.8 Å². The highest BCUT2D eigenvalue weighted by Gasteiger charge is 2.35. The highest BCUT2D eigenvalue weighted by atomic mass is 35.5. The van der Waals surface area contributed by atoms with Gasteiger partial charge in [0.15, 0.2) is 0 Å². The fourth-order valence-corrected chi connectivity index (χ4v) is 3.53. The molecule has 0 unspecified atom stereocenters. The molecule has 2 heterocycles. The van der Waals surface area contributed by atoms with Gasteiger partial charge < -0.3 is 15.1 Å². The average Bonchev–Trinajstić information content (AvgIpc) is 3.30. The van der Waals surface area contributed by atoms with E-state index < -0.39 is 24.4 Å². The molecule has 0 spiro atoms. The monoisotopic (exact) mass is 449 g/mol. The van der Waals surface area contributed by atoms with Gasteiger partial charge in [-0.2, -0.15) is 0 Å². The Kier molecular flexibility index (Phi) is 5.83. The number of furan rings is 1. The fraction of sp³-hybridized carbons (Fsp3) is 0.125. The number of anilines is 1. The van der Waals surface area contributed by atoms with E-state index >= 15 is 0 Å². The Balaban J connectivity index is 1.47. The summed E-state index contributed by atoms with van der Waals surface area (Å²) < 4.78 is 5.82. The van der Waals surface area contributed by atoms with Gasteiger partial charge in [0.25, 0.3) is 5.91 Å². The van der Waals surface area contributed by atoms with Crippen LogP contribution in [0.1, 0.15) is 16.9 Å². The molecule has 3 aromatic rings. The van der Waals surface area contributed by atoms with Crippen molar-refractivity contribution in [1.82, 2.24) is 10.2 Å². The van der Waals surface area contributed by atoms with Crippen molar-refractivity contribution in [3.63, 3.8) is 0 Å². The normalized spacial score (nSPS) is 14.7. The second kappa shape index (κ2) is 8.72. The summed E-state index contributed by atoms with van der Waals surface area (Å²) in [5, 5.41) is 5.76. The van der Waals surface area contributed by atoms with Crippen molar-refractivity contribution in [3.05, 3.63) is 82.2 Å². The van der Waals surface area contributed by atoms with Gasteiger partial charge in [0.2, 0.25) is 5.91 Å². The van der Waals surface area contributed by atoms with Crippen LogP contribution in [0.4, 0.5) is 10.5 Å². The first-order valence-electron chi connectivity index (χ1n) is 9.87. The van der Waals surface area contributed by atoms with Crippen molar-refractivity contribution < 1.29 is 18.8 Å². The molecule has 0 saturated carbocycles. The zero-order valence-corrected chi connectivity index (χ0v) is 18.2. The smallest absolute Gasteiger partial charge is 0.329 e. The molecule has 4 rings (SSSR count). The van der Waals surface area contributed by atoms with Gasteiger partial charge in [0.05, 0.1) is 0 Å². The van der Waals surface area contributed by atoms with E-state index in [0.717, 1.165) is 21.6 Å². The second-order valence-electron chi connectivity index (χ2n) is 7.46. The van der Waals surface area contributed by atoms with E-state index in [4.69, 9.17) is 16.0 Å². The summed E-state index contributed by atoms with van der Waals surface area (Å²) in [4.78, 5) is 38.1. The minimum absolute atomic E-state index is 0.0297. The standard InChI is InChI=1S/C24H20ClN3O4/c1-14-4-3-5-17(10-14)26-22(29)13-28-23(30)20(27-24(28)31)12-18-8-9-21(32-18)19-11-16(25)7-6-15(19)2/h3-12H,13H2,1-2H3,(H,26,29)(H,27,31)/b20-12+. The van der Waals surface area contributed by atoms with Gasteiger partial charge in [-0.1, -0.05) is 29.8 Å². The number of hydrogen-bond acceptors (Lipinski definition) is 4. The summed E-state index contributed by atoms with van der Waals surface area (Å²) in [6, 6.07) is 15.5. The Labute approximate surface area is 189 Å². The number of hydrogen-bond donors (Lipinski definition) is 2. The van der Waals surface area contributed by atoms with Crippen LogP contribution in [0.25, 0.3) is 17.4 Å². The maximum atomic E-state index is 12.7. The summed E-state index contributed by atoms with van der Waals surface area (Å²) in [5.41, 5.74) is 3.42. The van der Waals surface area contributed by atoms with Crippen molar-refractivity contribution in [3.8, 4) is 11.3 Å². The maximum Gasteiger partial charge on any atom is 0.329 e. The van der Waals surface area contributed by atoms with Crippen LogP contribution in [-0.2, 0) is 9.59 Å². The zero-order valence-electron chi connectivity index (χ0n) is 17.4. The van der Waals surface area contributed by atoms with Crippen LogP contribution in [-0.4, -0.2) is 29.3 Å². The molecule has 32 heavy (non-hydrogen) atoms. The summed E-state index contributed by atoms with van der Waals surface area (Å²) in [5.74, 6) is -0.111. The molecule has 1 aliphatic rings. The van der Waals surface area contributed by atoms with Gasteiger partial charge in [0, 0.05) is 22.3 Å². The summed E-state index contributed by atoms with van der Waals surface area (Å²) >= 11 is 6.08. The van der Waals surface area contributed by atoms with Gasteiger partial charge >= 0.3 is 6.03 Å². The molecule has 7 nitrogen and oxygen atoms in total. The van der Waals surface area contributed by atoms with Gasteiger partial charge in [-0.3, -0.25) is 9.59 Å². The second-order valence-corrected chi connectivity index (χ2v) is 7.89. The van der Waals surface area contributed by atoms with Crippen LogP contribution in [0.2, 0.25) is 5.02 Å². The number of rotatable bonds is 5. The van der Waals surface area contributed by atoms with Gasteiger partial charge in [-0.15, -0.1) is 0 Å². The van der Waals surface area contributed by atoms with Crippen LogP contribution in [0.15, 0.2) is 64.7 Å². The largest absolute Gasteiger partial charge is 0.457 e. The molecule has 0 aliphatic carbocycles. The number of benzene rings is 2. The van der Waals surface area contributed by atoms with Crippen molar-refractivity contribution in [2.75, 3.05) is 11.9 Å².